The summed E-state index contributed by atoms with van der Waals surface area (Å²) in [5.74, 6) is 0.442. The van der Waals surface area contributed by atoms with Gasteiger partial charge in [-0.05, 0) is 0 Å². The number of aromatic nitrogens is 1. The molecule has 0 bridgehead atoms. The highest BCUT2D eigenvalue weighted by molar-refractivity contribution is 7.16. The molecule has 0 atom stereocenters. The van der Waals surface area contributed by atoms with Crippen LogP contribution in [0.15, 0.2) is 0 Å². The Bertz CT molecular complexity index is 245. The molecule has 0 aliphatic heterocycles. The molecule has 4 heteroatoms. The van der Waals surface area contributed by atoms with E-state index in [9.17, 15) is 0 Å². The van der Waals surface area contributed by atoms with Crippen LogP contribution in [-0.2, 0) is 6.54 Å². The summed E-state index contributed by atoms with van der Waals surface area (Å²) in [4.78, 5) is 4.29. The molecule has 0 aliphatic rings. The number of nitrogens with zero attached hydrogens (tertiary/aromatic N) is 1. The van der Waals surface area contributed by atoms with Crippen LogP contribution in [-0.4, -0.2) is 4.98 Å². The van der Waals surface area contributed by atoms with Crippen molar-refractivity contribution in [3.8, 4) is 0 Å². The monoisotopic (exact) mass is 190 g/mol. The lowest BCUT2D eigenvalue weighted by Gasteiger charge is -1.94. The van der Waals surface area contributed by atoms with E-state index in [0.29, 0.717) is 12.5 Å². The van der Waals surface area contributed by atoms with E-state index in [0.717, 1.165) is 15.0 Å². The molecule has 0 amide bonds. The van der Waals surface area contributed by atoms with Crippen LogP contribution >= 0.6 is 22.9 Å². The fraction of sp³-hybridized carbons (Fsp3) is 0.571. The van der Waals surface area contributed by atoms with Gasteiger partial charge in [0.1, 0.15) is 4.34 Å². The number of hydrogen-bond acceptors (Lipinski definition) is 3. The van der Waals surface area contributed by atoms with E-state index in [-0.39, 0.29) is 0 Å². The third-order valence-corrected chi connectivity index (χ3v) is 2.99. The van der Waals surface area contributed by atoms with E-state index in [1.807, 2.05) is 0 Å². The van der Waals surface area contributed by atoms with E-state index >= 15 is 0 Å². The van der Waals surface area contributed by atoms with Gasteiger partial charge in [-0.15, -0.1) is 11.3 Å². The van der Waals surface area contributed by atoms with Crippen molar-refractivity contribution in [2.24, 2.45) is 5.73 Å². The maximum atomic E-state index is 5.87. The summed E-state index contributed by atoms with van der Waals surface area (Å²) >= 11 is 7.39. The molecule has 0 spiro atoms. The van der Waals surface area contributed by atoms with Gasteiger partial charge in [0, 0.05) is 12.5 Å². The van der Waals surface area contributed by atoms with Crippen molar-refractivity contribution in [3.05, 3.63) is 15.0 Å². The van der Waals surface area contributed by atoms with Crippen LogP contribution in [0.4, 0.5) is 0 Å². The zero-order valence-electron chi connectivity index (χ0n) is 6.60. The molecule has 0 aliphatic carbocycles. The maximum absolute atomic E-state index is 5.87. The number of halogens is 1. The van der Waals surface area contributed by atoms with E-state index in [1.54, 1.807) is 0 Å². The Morgan fingerprint density at radius 2 is 2.27 bits per heavy atom. The first-order chi connectivity index (χ1) is 5.15. The molecule has 0 radical (unpaired) electrons. The second kappa shape index (κ2) is 3.52. The standard InChI is InChI=1S/C7H11ClN2S/c1-4(2)7-10-5(3-9)6(8)11-7/h4H,3,9H2,1-2H3. The Kier molecular flexibility index (Phi) is 2.87. The molecule has 2 N–H and O–H groups in total. The van der Waals surface area contributed by atoms with Crippen LogP contribution in [0.5, 0.6) is 0 Å². The Morgan fingerprint density at radius 1 is 1.64 bits per heavy atom. The van der Waals surface area contributed by atoms with Crippen molar-refractivity contribution >= 4 is 22.9 Å². The van der Waals surface area contributed by atoms with Gasteiger partial charge >= 0.3 is 0 Å². The number of hydrogen-bond donors (Lipinski definition) is 1. The quantitative estimate of drug-likeness (QED) is 0.778. The largest absolute Gasteiger partial charge is 0.325 e. The minimum Gasteiger partial charge on any atom is -0.325 e. The van der Waals surface area contributed by atoms with E-state index in [2.05, 4.69) is 18.8 Å². The molecular formula is C7H11ClN2S. The van der Waals surface area contributed by atoms with E-state index < -0.39 is 0 Å². The molecule has 0 fully saturated rings. The zero-order chi connectivity index (χ0) is 8.43. The van der Waals surface area contributed by atoms with Crippen molar-refractivity contribution < 1.29 is 0 Å². The Balaban J connectivity index is 2.95. The van der Waals surface area contributed by atoms with Crippen LogP contribution in [0, 0.1) is 0 Å². The first kappa shape index (κ1) is 8.97. The lowest BCUT2D eigenvalue weighted by Crippen LogP contribution is -1.97. The van der Waals surface area contributed by atoms with Crippen molar-refractivity contribution in [1.82, 2.24) is 4.98 Å². The summed E-state index contributed by atoms with van der Waals surface area (Å²) in [5.41, 5.74) is 6.24. The fourth-order valence-corrected chi connectivity index (χ4v) is 1.90. The molecular weight excluding hydrogens is 180 g/mol. The predicted molar refractivity (Wildman–Crippen MR) is 49.1 cm³/mol. The van der Waals surface area contributed by atoms with Crippen LogP contribution in [0.3, 0.4) is 0 Å². The average molecular weight is 191 g/mol. The lowest BCUT2D eigenvalue weighted by molar-refractivity contribution is 0.837. The highest BCUT2D eigenvalue weighted by atomic mass is 35.5. The van der Waals surface area contributed by atoms with Crippen LogP contribution in [0.1, 0.15) is 30.5 Å². The zero-order valence-corrected chi connectivity index (χ0v) is 8.17. The van der Waals surface area contributed by atoms with Gasteiger partial charge in [0.2, 0.25) is 0 Å². The molecule has 0 saturated heterocycles. The molecule has 0 aromatic carbocycles. The molecule has 2 nitrogen and oxygen atoms in total. The van der Waals surface area contributed by atoms with Gasteiger partial charge < -0.3 is 5.73 Å². The van der Waals surface area contributed by atoms with E-state index in [4.69, 9.17) is 17.3 Å². The topological polar surface area (TPSA) is 38.9 Å². The summed E-state index contributed by atoms with van der Waals surface area (Å²) in [5, 5.41) is 1.07. The first-order valence-corrected chi connectivity index (χ1v) is 4.69. The van der Waals surface area contributed by atoms with Crippen molar-refractivity contribution in [3.63, 3.8) is 0 Å². The Hall–Kier alpha value is -0.120. The molecule has 1 heterocycles. The number of nitrogens with two attached hydrogens (primary N) is 1. The minimum atomic E-state index is 0.433. The van der Waals surface area contributed by atoms with Gasteiger partial charge in [-0.3, -0.25) is 0 Å². The van der Waals surface area contributed by atoms with Gasteiger partial charge in [0.25, 0.3) is 0 Å². The third-order valence-electron chi connectivity index (χ3n) is 1.35. The predicted octanol–water partition coefficient (Wildman–Crippen LogP) is 2.38. The molecule has 0 saturated carbocycles. The summed E-state index contributed by atoms with van der Waals surface area (Å²) in [7, 11) is 0. The van der Waals surface area contributed by atoms with Gasteiger partial charge in [-0.25, -0.2) is 4.98 Å². The summed E-state index contributed by atoms with van der Waals surface area (Å²) in [6.45, 7) is 4.62. The average Bonchev–Trinajstić information content (AvgIpc) is 2.31. The first-order valence-electron chi connectivity index (χ1n) is 3.50. The van der Waals surface area contributed by atoms with Crippen LogP contribution in [0.25, 0.3) is 0 Å². The molecule has 11 heavy (non-hydrogen) atoms. The van der Waals surface area contributed by atoms with Gasteiger partial charge in [-0.1, -0.05) is 25.4 Å². The molecule has 1 rings (SSSR count). The number of rotatable bonds is 2. The molecule has 1 aromatic heterocycles. The van der Waals surface area contributed by atoms with Gasteiger partial charge in [-0.2, -0.15) is 0 Å². The maximum Gasteiger partial charge on any atom is 0.117 e. The molecule has 0 unspecified atom stereocenters. The van der Waals surface area contributed by atoms with Gasteiger partial charge in [0.05, 0.1) is 10.7 Å². The summed E-state index contributed by atoms with van der Waals surface area (Å²) < 4.78 is 0.733. The normalized spacial score (nSPS) is 11.0. The Labute approximate surface area is 75.4 Å². The summed E-state index contributed by atoms with van der Waals surface area (Å²) in [6.07, 6.45) is 0. The minimum absolute atomic E-state index is 0.433. The van der Waals surface area contributed by atoms with Crippen LogP contribution in [0.2, 0.25) is 4.34 Å². The van der Waals surface area contributed by atoms with Crippen molar-refractivity contribution in [2.75, 3.05) is 0 Å². The highest BCUT2D eigenvalue weighted by Crippen LogP contribution is 2.28. The van der Waals surface area contributed by atoms with Crippen molar-refractivity contribution in [2.45, 2.75) is 26.3 Å². The second-order valence-corrected chi connectivity index (χ2v) is 4.26. The molecule has 62 valence electrons. The lowest BCUT2D eigenvalue weighted by atomic mass is 10.2. The number of thiazole rings is 1. The highest BCUT2D eigenvalue weighted by Gasteiger charge is 2.09. The van der Waals surface area contributed by atoms with Crippen molar-refractivity contribution in [1.29, 1.82) is 0 Å². The second-order valence-electron chi connectivity index (χ2n) is 2.63. The Morgan fingerprint density at radius 3 is 2.55 bits per heavy atom. The third kappa shape index (κ3) is 1.92. The SMILES string of the molecule is CC(C)c1nc(CN)c(Cl)s1. The smallest absolute Gasteiger partial charge is 0.117 e. The van der Waals surface area contributed by atoms with E-state index in [1.165, 1.54) is 11.3 Å². The van der Waals surface area contributed by atoms with Gasteiger partial charge in [0.15, 0.2) is 0 Å². The summed E-state index contributed by atoms with van der Waals surface area (Å²) in [6, 6.07) is 0. The molecule has 1 aromatic rings. The fourth-order valence-electron chi connectivity index (χ4n) is 0.723. The van der Waals surface area contributed by atoms with Crippen LogP contribution < -0.4 is 5.73 Å².